The van der Waals surface area contributed by atoms with Crippen LogP contribution in [0.1, 0.15) is 51.9 Å². The van der Waals surface area contributed by atoms with E-state index >= 15 is 0 Å². The van der Waals surface area contributed by atoms with Gasteiger partial charge in [0.1, 0.15) is 0 Å². The van der Waals surface area contributed by atoms with Crippen molar-refractivity contribution in [2.75, 3.05) is 26.7 Å². The van der Waals surface area contributed by atoms with Crippen molar-refractivity contribution in [3.63, 3.8) is 0 Å². The zero-order chi connectivity index (χ0) is 14.3. The molecule has 0 bridgehead atoms. The van der Waals surface area contributed by atoms with Gasteiger partial charge in [0.25, 0.3) is 0 Å². The lowest BCUT2D eigenvalue weighted by Gasteiger charge is -2.06. The van der Waals surface area contributed by atoms with E-state index in [0.717, 1.165) is 45.2 Å². The number of likely N-dealkylation sites (N-methyl/N-ethyl adjacent to an activating group) is 1. The first-order valence-corrected chi connectivity index (χ1v) is 7.38. The summed E-state index contributed by atoms with van der Waals surface area (Å²) in [6.07, 6.45) is 6.03. The maximum Gasteiger partial charge on any atom is 0.220 e. The third kappa shape index (κ3) is 13.1. The molecule has 0 saturated carbocycles. The number of carbonyl (C=O) groups is 2. The summed E-state index contributed by atoms with van der Waals surface area (Å²) in [5.41, 5.74) is 0. The zero-order valence-electron chi connectivity index (χ0n) is 12.4. The predicted molar refractivity (Wildman–Crippen MR) is 77.9 cm³/mol. The summed E-state index contributed by atoms with van der Waals surface area (Å²) in [5.74, 6) is 0.258. The summed E-state index contributed by atoms with van der Waals surface area (Å²) < 4.78 is 0. The highest BCUT2D eigenvalue weighted by Gasteiger charge is 2.01. The van der Waals surface area contributed by atoms with Crippen LogP contribution in [0.25, 0.3) is 0 Å². The molecule has 0 saturated heterocycles. The Labute approximate surface area is 116 Å². The molecule has 0 radical (unpaired) electrons. The van der Waals surface area contributed by atoms with Crippen molar-refractivity contribution >= 4 is 11.8 Å². The van der Waals surface area contributed by atoms with E-state index in [9.17, 15) is 9.59 Å². The first-order chi connectivity index (χ1) is 9.20. The molecule has 0 heterocycles. The van der Waals surface area contributed by atoms with Crippen LogP contribution in [0.2, 0.25) is 0 Å². The van der Waals surface area contributed by atoms with Gasteiger partial charge in [-0.3, -0.25) is 9.59 Å². The van der Waals surface area contributed by atoms with Crippen LogP contribution in [0.4, 0.5) is 0 Å². The van der Waals surface area contributed by atoms with Gasteiger partial charge in [-0.25, -0.2) is 0 Å². The Bertz CT molecular complexity index is 245. The van der Waals surface area contributed by atoms with Gasteiger partial charge in [0, 0.05) is 32.5 Å². The van der Waals surface area contributed by atoms with E-state index in [1.165, 1.54) is 0 Å². The van der Waals surface area contributed by atoms with Crippen molar-refractivity contribution in [2.45, 2.75) is 51.9 Å². The highest BCUT2D eigenvalue weighted by Crippen LogP contribution is 1.99. The van der Waals surface area contributed by atoms with E-state index in [0.29, 0.717) is 19.4 Å². The fourth-order valence-corrected chi connectivity index (χ4v) is 1.66. The minimum Gasteiger partial charge on any atom is -0.356 e. The maximum absolute atomic E-state index is 11.4. The molecule has 0 rings (SSSR count). The third-order valence-electron chi connectivity index (χ3n) is 2.86. The number of rotatable bonds is 12. The van der Waals surface area contributed by atoms with Crippen LogP contribution in [0.5, 0.6) is 0 Å². The number of hydrogen-bond donors (Lipinski definition) is 3. The van der Waals surface area contributed by atoms with Gasteiger partial charge < -0.3 is 16.0 Å². The third-order valence-corrected chi connectivity index (χ3v) is 2.86. The van der Waals surface area contributed by atoms with Crippen molar-refractivity contribution in [2.24, 2.45) is 0 Å². The summed E-state index contributed by atoms with van der Waals surface area (Å²) in [4.78, 5) is 22.7. The second-order valence-electron chi connectivity index (χ2n) is 4.72. The maximum atomic E-state index is 11.4. The lowest BCUT2D eigenvalue weighted by molar-refractivity contribution is -0.122. The topological polar surface area (TPSA) is 70.2 Å². The molecule has 19 heavy (non-hydrogen) atoms. The Morgan fingerprint density at radius 1 is 0.789 bits per heavy atom. The summed E-state index contributed by atoms with van der Waals surface area (Å²) in [6, 6.07) is 0. The van der Waals surface area contributed by atoms with Crippen molar-refractivity contribution in [1.29, 1.82) is 0 Å². The first-order valence-electron chi connectivity index (χ1n) is 7.38. The van der Waals surface area contributed by atoms with Crippen molar-refractivity contribution in [3.8, 4) is 0 Å². The molecule has 0 aliphatic carbocycles. The van der Waals surface area contributed by atoms with E-state index < -0.39 is 0 Å². The molecule has 0 fully saturated rings. The lowest BCUT2D eigenvalue weighted by atomic mass is 10.2. The first kappa shape index (κ1) is 17.9. The van der Waals surface area contributed by atoms with E-state index in [2.05, 4.69) is 22.9 Å². The Morgan fingerprint density at radius 2 is 1.42 bits per heavy atom. The number of unbranched alkanes of at least 4 members (excludes halogenated alkanes) is 3. The van der Waals surface area contributed by atoms with Crippen molar-refractivity contribution in [1.82, 2.24) is 16.0 Å². The van der Waals surface area contributed by atoms with Gasteiger partial charge in [-0.1, -0.05) is 19.8 Å². The van der Waals surface area contributed by atoms with Gasteiger partial charge in [-0.05, 0) is 26.3 Å². The Morgan fingerprint density at radius 3 is 2.05 bits per heavy atom. The molecule has 5 heteroatoms. The van der Waals surface area contributed by atoms with Gasteiger partial charge >= 0.3 is 0 Å². The van der Waals surface area contributed by atoms with Crippen molar-refractivity contribution in [3.05, 3.63) is 0 Å². The highest BCUT2D eigenvalue weighted by molar-refractivity contribution is 5.76. The minimum absolute atomic E-state index is 0.113. The fourth-order valence-electron chi connectivity index (χ4n) is 1.66. The number of carbonyl (C=O) groups excluding carboxylic acids is 2. The minimum atomic E-state index is 0.113. The molecular weight excluding hydrogens is 242 g/mol. The van der Waals surface area contributed by atoms with Gasteiger partial charge in [-0.2, -0.15) is 0 Å². The Hall–Kier alpha value is -1.10. The summed E-state index contributed by atoms with van der Waals surface area (Å²) in [7, 11) is 1.86. The average molecular weight is 271 g/mol. The molecule has 0 spiro atoms. The van der Waals surface area contributed by atoms with Crippen LogP contribution >= 0.6 is 0 Å². The van der Waals surface area contributed by atoms with Gasteiger partial charge in [0.15, 0.2) is 0 Å². The predicted octanol–water partition coefficient (Wildman–Crippen LogP) is 1.19. The van der Waals surface area contributed by atoms with E-state index in [1.807, 2.05) is 7.05 Å². The molecule has 0 aromatic heterocycles. The second kappa shape index (κ2) is 13.3. The molecule has 5 nitrogen and oxygen atoms in total. The molecule has 0 aliphatic heterocycles. The van der Waals surface area contributed by atoms with Gasteiger partial charge in [-0.15, -0.1) is 0 Å². The van der Waals surface area contributed by atoms with Crippen LogP contribution in [-0.2, 0) is 9.59 Å². The van der Waals surface area contributed by atoms with E-state index in [1.54, 1.807) is 0 Å². The lowest BCUT2D eigenvalue weighted by Crippen LogP contribution is -2.30. The van der Waals surface area contributed by atoms with Crippen molar-refractivity contribution < 1.29 is 9.59 Å². The second-order valence-corrected chi connectivity index (χ2v) is 4.72. The molecule has 0 aliphatic rings. The average Bonchev–Trinajstić information content (AvgIpc) is 2.40. The zero-order valence-corrected chi connectivity index (χ0v) is 12.4. The van der Waals surface area contributed by atoms with Gasteiger partial charge in [0.05, 0.1) is 0 Å². The molecule has 0 aromatic carbocycles. The molecule has 0 aromatic rings. The SMILES string of the molecule is CCCCC(=O)NCCCCCC(=O)NCCNC. The van der Waals surface area contributed by atoms with Crippen LogP contribution in [0.3, 0.4) is 0 Å². The molecule has 112 valence electrons. The van der Waals surface area contributed by atoms with Crippen LogP contribution < -0.4 is 16.0 Å². The van der Waals surface area contributed by atoms with Crippen LogP contribution in [0, 0.1) is 0 Å². The quantitative estimate of drug-likeness (QED) is 0.467. The number of hydrogen-bond acceptors (Lipinski definition) is 3. The largest absolute Gasteiger partial charge is 0.356 e. The number of amides is 2. The summed E-state index contributed by atoms with van der Waals surface area (Å²) >= 11 is 0. The summed E-state index contributed by atoms with van der Waals surface area (Å²) in [5, 5.41) is 8.72. The molecule has 0 unspecified atom stereocenters. The molecule has 0 atom stereocenters. The standard InChI is InChI=1S/C14H29N3O2/c1-3-4-8-13(18)16-10-7-5-6-9-14(19)17-12-11-15-2/h15H,3-12H2,1-2H3,(H,16,18)(H,17,19). The van der Waals surface area contributed by atoms with E-state index in [4.69, 9.17) is 0 Å². The summed E-state index contributed by atoms with van der Waals surface area (Å²) in [6.45, 7) is 4.29. The van der Waals surface area contributed by atoms with Crippen LogP contribution in [-0.4, -0.2) is 38.5 Å². The molecule has 2 amide bonds. The molecular formula is C14H29N3O2. The van der Waals surface area contributed by atoms with Crippen LogP contribution in [0.15, 0.2) is 0 Å². The Balaban J connectivity index is 3.26. The fraction of sp³-hybridized carbons (Fsp3) is 0.857. The normalized spacial score (nSPS) is 10.2. The van der Waals surface area contributed by atoms with Gasteiger partial charge in [0.2, 0.25) is 11.8 Å². The highest BCUT2D eigenvalue weighted by atomic mass is 16.2. The smallest absolute Gasteiger partial charge is 0.220 e. The van der Waals surface area contributed by atoms with E-state index in [-0.39, 0.29) is 11.8 Å². The number of nitrogens with one attached hydrogen (secondary N) is 3. The Kier molecular flexibility index (Phi) is 12.6. The molecule has 3 N–H and O–H groups in total. The monoisotopic (exact) mass is 271 g/mol.